The van der Waals surface area contributed by atoms with Crippen molar-refractivity contribution in [3.63, 3.8) is 0 Å². The molecule has 2 saturated heterocycles. The molecule has 3 unspecified atom stereocenters. The second kappa shape index (κ2) is 5.74. The number of carbonyl (C=O) groups excluding carboxylic acids is 1. The van der Waals surface area contributed by atoms with Gasteiger partial charge in [0.1, 0.15) is 5.82 Å². The van der Waals surface area contributed by atoms with E-state index in [-0.39, 0.29) is 23.8 Å². The monoisotopic (exact) mass is 294 g/mol. The van der Waals surface area contributed by atoms with Gasteiger partial charge in [0.25, 0.3) is 0 Å². The summed E-state index contributed by atoms with van der Waals surface area (Å²) in [5, 5.41) is 3.24. The predicted octanol–water partition coefficient (Wildman–Crippen LogP) is 2.19. The average molecular weight is 294 g/mol. The molecule has 3 nitrogen and oxygen atoms in total. The maximum Gasteiger partial charge on any atom is 0.240 e. The number of nitrogens with one attached hydrogen (secondary N) is 1. The van der Waals surface area contributed by atoms with Crippen LogP contribution in [0, 0.1) is 5.82 Å². The molecule has 1 aromatic carbocycles. The van der Waals surface area contributed by atoms with Gasteiger partial charge in [0, 0.05) is 30.1 Å². The van der Waals surface area contributed by atoms with Gasteiger partial charge in [-0.25, -0.2) is 4.39 Å². The lowest BCUT2D eigenvalue weighted by Gasteiger charge is -2.24. The zero-order chi connectivity index (χ0) is 14.1. The zero-order valence-electron chi connectivity index (χ0n) is 11.5. The van der Waals surface area contributed by atoms with Crippen LogP contribution in [0.4, 0.5) is 4.39 Å². The van der Waals surface area contributed by atoms with Crippen LogP contribution in [0.25, 0.3) is 0 Å². The predicted molar refractivity (Wildman–Crippen MR) is 79.2 cm³/mol. The minimum Gasteiger partial charge on any atom is -0.338 e. The van der Waals surface area contributed by atoms with Gasteiger partial charge in [-0.05, 0) is 31.0 Å². The molecular weight excluding hydrogens is 275 g/mol. The van der Waals surface area contributed by atoms with Gasteiger partial charge in [0.15, 0.2) is 0 Å². The molecule has 1 amide bonds. The van der Waals surface area contributed by atoms with Crippen molar-refractivity contribution in [3.8, 4) is 0 Å². The second-order valence-electron chi connectivity index (χ2n) is 5.60. The first kappa shape index (κ1) is 13.9. The molecule has 2 aliphatic heterocycles. The van der Waals surface area contributed by atoms with Crippen LogP contribution >= 0.6 is 11.8 Å². The number of hydrogen-bond acceptors (Lipinski definition) is 3. The minimum absolute atomic E-state index is 0.0329. The lowest BCUT2D eigenvalue weighted by atomic mass is 9.97. The van der Waals surface area contributed by atoms with Gasteiger partial charge >= 0.3 is 0 Å². The molecule has 3 rings (SSSR count). The highest BCUT2D eigenvalue weighted by Gasteiger charge is 2.37. The summed E-state index contributed by atoms with van der Waals surface area (Å²) in [6.45, 7) is 2.85. The van der Waals surface area contributed by atoms with Gasteiger partial charge in [0.05, 0.1) is 6.04 Å². The molecule has 0 aliphatic carbocycles. The minimum atomic E-state index is -0.208. The van der Waals surface area contributed by atoms with Crippen LogP contribution in [0.15, 0.2) is 24.3 Å². The molecule has 0 radical (unpaired) electrons. The fraction of sp³-hybridized carbons (Fsp3) is 0.533. The molecule has 0 spiro atoms. The van der Waals surface area contributed by atoms with Gasteiger partial charge in [-0.3, -0.25) is 10.1 Å². The topological polar surface area (TPSA) is 32.3 Å². The molecule has 5 heteroatoms. The fourth-order valence-electron chi connectivity index (χ4n) is 3.07. The van der Waals surface area contributed by atoms with Crippen LogP contribution in [0.1, 0.15) is 24.8 Å². The molecule has 3 atom stereocenters. The molecule has 108 valence electrons. The van der Waals surface area contributed by atoms with Crippen molar-refractivity contribution < 1.29 is 9.18 Å². The van der Waals surface area contributed by atoms with Gasteiger partial charge < -0.3 is 4.90 Å². The Morgan fingerprint density at radius 2 is 2.15 bits per heavy atom. The molecular formula is C15H19FN2OS. The van der Waals surface area contributed by atoms with E-state index >= 15 is 0 Å². The smallest absolute Gasteiger partial charge is 0.240 e. The Balaban J connectivity index is 1.69. The maximum atomic E-state index is 13.0. The number of nitrogens with zero attached hydrogens (tertiary/aromatic N) is 1. The van der Waals surface area contributed by atoms with E-state index in [1.54, 1.807) is 11.8 Å². The summed E-state index contributed by atoms with van der Waals surface area (Å²) < 4.78 is 13.0. The first-order valence-corrected chi connectivity index (χ1v) is 8.17. The fourth-order valence-corrected chi connectivity index (χ4v) is 4.00. The largest absolute Gasteiger partial charge is 0.338 e. The van der Waals surface area contributed by atoms with Crippen molar-refractivity contribution in [2.24, 2.45) is 0 Å². The number of hydrogen-bond donors (Lipinski definition) is 1. The highest BCUT2D eigenvalue weighted by molar-refractivity contribution is 7.99. The van der Waals surface area contributed by atoms with E-state index in [1.165, 1.54) is 12.1 Å². The first-order valence-electron chi connectivity index (χ1n) is 7.02. The Morgan fingerprint density at radius 1 is 1.40 bits per heavy atom. The molecule has 0 aromatic heterocycles. The summed E-state index contributed by atoms with van der Waals surface area (Å²) >= 11 is 1.77. The van der Waals surface area contributed by atoms with Crippen LogP contribution in [0.3, 0.4) is 0 Å². The number of likely N-dealkylation sites (tertiary alicyclic amines) is 1. The summed E-state index contributed by atoms with van der Waals surface area (Å²) in [6, 6.07) is 6.90. The quantitative estimate of drug-likeness (QED) is 0.907. The average Bonchev–Trinajstić information content (AvgIpc) is 3.08. The lowest BCUT2D eigenvalue weighted by molar-refractivity contribution is -0.133. The molecule has 2 heterocycles. The van der Waals surface area contributed by atoms with E-state index in [2.05, 4.69) is 12.2 Å². The Bertz CT molecular complexity index is 487. The Morgan fingerprint density at radius 3 is 2.80 bits per heavy atom. The van der Waals surface area contributed by atoms with E-state index < -0.39 is 0 Å². The van der Waals surface area contributed by atoms with Gasteiger partial charge in [-0.2, -0.15) is 0 Å². The van der Waals surface area contributed by atoms with Crippen molar-refractivity contribution in [1.82, 2.24) is 10.2 Å². The number of thioether (sulfide) groups is 1. The van der Waals surface area contributed by atoms with Gasteiger partial charge in [-0.1, -0.05) is 12.1 Å². The maximum absolute atomic E-state index is 13.0. The summed E-state index contributed by atoms with van der Waals surface area (Å²) in [5.74, 6) is 2.05. The Hall–Kier alpha value is -1.07. The summed E-state index contributed by atoms with van der Waals surface area (Å²) in [4.78, 5) is 14.5. The van der Waals surface area contributed by atoms with E-state index in [0.29, 0.717) is 5.92 Å². The first-order chi connectivity index (χ1) is 9.65. The Kier molecular flexibility index (Phi) is 3.98. The van der Waals surface area contributed by atoms with E-state index in [0.717, 1.165) is 30.2 Å². The third-order valence-electron chi connectivity index (χ3n) is 4.21. The van der Waals surface area contributed by atoms with E-state index in [9.17, 15) is 9.18 Å². The molecule has 2 fully saturated rings. The van der Waals surface area contributed by atoms with E-state index in [1.807, 2.05) is 17.0 Å². The second-order valence-corrected chi connectivity index (χ2v) is 6.63. The SMILES string of the molecule is CC1CC(c2ccc(F)cc2)CN1C(=O)C1CSCN1. The van der Waals surface area contributed by atoms with Crippen molar-refractivity contribution in [3.05, 3.63) is 35.6 Å². The third-order valence-corrected chi connectivity index (χ3v) is 5.15. The highest BCUT2D eigenvalue weighted by atomic mass is 32.2. The zero-order valence-corrected chi connectivity index (χ0v) is 12.3. The molecule has 1 aromatic rings. The van der Waals surface area contributed by atoms with Crippen LogP contribution in [0.5, 0.6) is 0 Å². The number of benzene rings is 1. The molecule has 0 saturated carbocycles. The van der Waals surface area contributed by atoms with Crippen LogP contribution in [-0.2, 0) is 4.79 Å². The van der Waals surface area contributed by atoms with Crippen LogP contribution in [-0.4, -0.2) is 41.1 Å². The molecule has 1 N–H and O–H groups in total. The molecule has 2 aliphatic rings. The number of rotatable bonds is 2. The van der Waals surface area contributed by atoms with Crippen LogP contribution < -0.4 is 5.32 Å². The summed E-state index contributed by atoms with van der Waals surface area (Å²) in [6.07, 6.45) is 0.956. The number of halogens is 1. The summed E-state index contributed by atoms with van der Waals surface area (Å²) in [5.41, 5.74) is 1.13. The van der Waals surface area contributed by atoms with E-state index in [4.69, 9.17) is 0 Å². The molecule has 20 heavy (non-hydrogen) atoms. The Labute approximate surface area is 122 Å². The van der Waals surface area contributed by atoms with Gasteiger partial charge in [0.2, 0.25) is 5.91 Å². The summed E-state index contributed by atoms with van der Waals surface area (Å²) in [7, 11) is 0. The number of amides is 1. The standard InChI is InChI=1S/C15H19FN2OS/c1-10-6-12(11-2-4-13(16)5-3-11)7-18(10)15(19)14-8-20-9-17-14/h2-5,10,12,14,17H,6-9H2,1H3. The highest BCUT2D eigenvalue weighted by Crippen LogP contribution is 2.32. The van der Waals surface area contributed by atoms with Crippen molar-refractivity contribution in [1.29, 1.82) is 0 Å². The normalized spacial score (nSPS) is 29.9. The number of carbonyl (C=O) groups is 1. The van der Waals surface area contributed by atoms with Crippen LogP contribution in [0.2, 0.25) is 0 Å². The van der Waals surface area contributed by atoms with Crippen molar-refractivity contribution in [2.45, 2.75) is 31.3 Å². The van der Waals surface area contributed by atoms with Gasteiger partial charge in [-0.15, -0.1) is 11.8 Å². The molecule has 0 bridgehead atoms. The third kappa shape index (κ3) is 2.69. The lowest BCUT2D eigenvalue weighted by Crippen LogP contribution is -2.46. The van der Waals surface area contributed by atoms with Crippen molar-refractivity contribution >= 4 is 17.7 Å². The van der Waals surface area contributed by atoms with Crippen molar-refractivity contribution in [2.75, 3.05) is 18.2 Å².